The Hall–Kier alpha value is -2.42. The molecular weight excluding hydrogens is 272 g/mol. The molecule has 112 valence electrons. The second kappa shape index (κ2) is 4.54. The van der Waals surface area contributed by atoms with Crippen LogP contribution in [-0.4, -0.2) is 18.0 Å². The first-order chi connectivity index (χ1) is 11.8. The molecule has 22 heavy (non-hydrogen) atoms. The summed E-state index contributed by atoms with van der Waals surface area (Å²) < 4.78 is 29.3. The molecule has 0 radical (unpaired) electrons. The number of rotatable bonds is 1. The summed E-state index contributed by atoms with van der Waals surface area (Å²) in [5, 5.41) is 2.12. The van der Waals surface area contributed by atoms with Crippen LogP contribution >= 0.6 is 0 Å². The van der Waals surface area contributed by atoms with Gasteiger partial charge >= 0.3 is 0 Å². The first-order valence-electron chi connectivity index (χ1n) is 8.95. The molecule has 0 fully saturated rings. The Balaban J connectivity index is 1.92. The highest BCUT2D eigenvalue weighted by atomic mass is 16.3. The molecule has 2 heterocycles. The minimum atomic E-state index is -2.17. The normalized spacial score (nSPS) is 20.7. The Kier molecular flexibility index (Phi) is 2.13. The molecule has 3 heteroatoms. The summed E-state index contributed by atoms with van der Waals surface area (Å²) in [7, 11) is 0. The van der Waals surface area contributed by atoms with Gasteiger partial charge in [0, 0.05) is 34.3 Å². The van der Waals surface area contributed by atoms with Crippen molar-refractivity contribution in [1.82, 2.24) is 4.90 Å². The van der Waals surface area contributed by atoms with Crippen molar-refractivity contribution in [3.63, 3.8) is 0 Å². The molecule has 3 nitrogen and oxygen atoms in total. The van der Waals surface area contributed by atoms with Crippen LogP contribution in [0.5, 0.6) is 0 Å². The zero-order valence-electron chi connectivity index (χ0n) is 15.9. The van der Waals surface area contributed by atoms with Crippen molar-refractivity contribution in [2.45, 2.75) is 26.9 Å². The molecule has 0 saturated heterocycles. The van der Waals surface area contributed by atoms with E-state index in [9.17, 15) is 0 Å². The van der Waals surface area contributed by atoms with Gasteiger partial charge in [-0.05, 0) is 38.0 Å². The third kappa shape index (κ3) is 1.75. The molecule has 0 spiro atoms. The van der Waals surface area contributed by atoms with Crippen LogP contribution in [0.2, 0.25) is 0 Å². The average molecular weight is 295 g/mol. The molecule has 0 saturated carbocycles. The van der Waals surface area contributed by atoms with E-state index in [4.69, 9.17) is 8.53 Å². The summed E-state index contributed by atoms with van der Waals surface area (Å²) in [6, 6.07) is 10.3. The van der Waals surface area contributed by atoms with E-state index in [2.05, 4.69) is 24.3 Å². The predicted octanol–water partition coefficient (Wildman–Crippen LogP) is 4.77. The van der Waals surface area contributed by atoms with E-state index in [0.717, 1.165) is 38.8 Å². The van der Waals surface area contributed by atoms with E-state index in [1.165, 1.54) is 4.90 Å². The number of hydrogen-bond donors (Lipinski definition) is 0. The largest absolute Gasteiger partial charge is 0.454 e. The van der Waals surface area contributed by atoms with Crippen molar-refractivity contribution in [1.29, 1.82) is 0 Å². The highest BCUT2D eigenvalue weighted by Crippen LogP contribution is 2.39. The fraction of sp³-hybridized carbons (Fsp3) is 0.263. The van der Waals surface area contributed by atoms with E-state index in [1.54, 1.807) is 6.20 Å². The van der Waals surface area contributed by atoms with Crippen LogP contribution in [0.4, 0.5) is 5.69 Å². The van der Waals surface area contributed by atoms with Gasteiger partial charge < -0.3 is 14.2 Å². The molecular formula is C19H20N2O. The van der Waals surface area contributed by atoms with Crippen molar-refractivity contribution in [3.05, 3.63) is 53.9 Å². The summed E-state index contributed by atoms with van der Waals surface area (Å²) in [6.07, 6.45) is 3.13. The van der Waals surface area contributed by atoms with E-state index < -0.39 is 6.98 Å². The number of fused-ring (bicyclic) bond motifs is 3. The third-order valence-corrected chi connectivity index (χ3v) is 4.42. The molecule has 0 bridgehead atoms. The molecule has 0 amide bonds. The second-order valence-corrected chi connectivity index (χ2v) is 5.95. The van der Waals surface area contributed by atoms with Crippen LogP contribution in [0.3, 0.4) is 0 Å². The summed E-state index contributed by atoms with van der Waals surface area (Å²) >= 11 is 0. The number of benzene rings is 2. The number of nitrogens with zero attached hydrogens (tertiary/aromatic N) is 2. The Labute approximate surface area is 134 Å². The molecule has 1 aliphatic heterocycles. The number of aryl methyl sites for hydroxylation is 2. The molecule has 1 unspecified atom stereocenters. The van der Waals surface area contributed by atoms with Crippen molar-refractivity contribution in [3.8, 4) is 0 Å². The first-order valence-corrected chi connectivity index (χ1v) is 7.45. The maximum atomic E-state index is 7.70. The van der Waals surface area contributed by atoms with Gasteiger partial charge in [-0.2, -0.15) is 0 Å². The van der Waals surface area contributed by atoms with Crippen molar-refractivity contribution < 1.29 is 8.53 Å². The maximum absolute atomic E-state index is 7.70. The zero-order chi connectivity index (χ0) is 17.9. The van der Waals surface area contributed by atoms with Crippen LogP contribution in [0.15, 0.2) is 47.1 Å². The third-order valence-electron chi connectivity index (χ3n) is 4.42. The zero-order valence-corrected chi connectivity index (χ0v) is 12.9. The summed E-state index contributed by atoms with van der Waals surface area (Å²) in [5.74, 6) is 0. The average Bonchev–Trinajstić information content (AvgIpc) is 3.07. The minimum Gasteiger partial charge on any atom is -0.454 e. The van der Waals surface area contributed by atoms with E-state index in [1.807, 2.05) is 37.9 Å². The Morgan fingerprint density at radius 1 is 1.09 bits per heavy atom. The van der Waals surface area contributed by atoms with Gasteiger partial charge in [-0.25, -0.2) is 0 Å². The van der Waals surface area contributed by atoms with Gasteiger partial charge in [0.2, 0.25) is 0 Å². The van der Waals surface area contributed by atoms with Crippen molar-refractivity contribution in [2.24, 2.45) is 0 Å². The fourth-order valence-electron chi connectivity index (χ4n) is 3.14. The van der Waals surface area contributed by atoms with Gasteiger partial charge in [-0.1, -0.05) is 24.3 Å². The smallest absolute Gasteiger partial charge is 0.159 e. The molecule has 3 aromatic rings. The lowest BCUT2D eigenvalue weighted by molar-refractivity contribution is 0.383. The number of anilines is 1. The molecule has 1 aromatic heterocycles. The molecule has 1 aliphatic rings. The van der Waals surface area contributed by atoms with Crippen molar-refractivity contribution >= 4 is 27.6 Å². The van der Waals surface area contributed by atoms with Gasteiger partial charge in [0.1, 0.15) is 11.7 Å². The molecule has 2 aromatic carbocycles. The number of furan rings is 1. The van der Waals surface area contributed by atoms with Crippen LogP contribution < -0.4 is 4.90 Å². The Morgan fingerprint density at radius 3 is 2.68 bits per heavy atom. The second-order valence-electron chi connectivity index (χ2n) is 5.95. The molecule has 0 N–H and O–H groups in total. The highest BCUT2D eigenvalue weighted by molar-refractivity contribution is 6.09. The lowest BCUT2D eigenvalue weighted by Crippen LogP contribution is -2.33. The monoisotopic (exact) mass is 295 g/mol. The van der Waals surface area contributed by atoms with Crippen molar-refractivity contribution in [2.75, 3.05) is 11.9 Å². The molecule has 1 atom stereocenters. The lowest BCUT2D eigenvalue weighted by atomic mass is 10.1. The maximum Gasteiger partial charge on any atom is 0.159 e. The lowest BCUT2D eigenvalue weighted by Gasteiger charge is -2.28. The van der Waals surface area contributed by atoms with Gasteiger partial charge in [-0.3, -0.25) is 0 Å². The van der Waals surface area contributed by atoms with E-state index in [-0.39, 0.29) is 6.17 Å². The highest BCUT2D eigenvalue weighted by Gasteiger charge is 2.25. The van der Waals surface area contributed by atoms with Crippen LogP contribution in [0, 0.1) is 13.8 Å². The number of hydrogen-bond acceptors (Lipinski definition) is 3. The van der Waals surface area contributed by atoms with Gasteiger partial charge in [-0.15, -0.1) is 0 Å². The van der Waals surface area contributed by atoms with E-state index in [0.29, 0.717) is 0 Å². The van der Waals surface area contributed by atoms with Gasteiger partial charge in [0.05, 0.1) is 5.69 Å². The Morgan fingerprint density at radius 2 is 1.91 bits per heavy atom. The molecule has 4 rings (SSSR count). The Bertz CT molecular complexity index is 1000. The quantitative estimate of drug-likeness (QED) is 0.644. The predicted molar refractivity (Wildman–Crippen MR) is 92.0 cm³/mol. The van der Waals surface area contributed by atoms with Gasteiger partial charge in [0.15, 0.2) is 5.58 Å². The topological polar surface area (TPSA) is 19.6 Å². The first kappa shape index (κ1) is 10.3. The summed E-state index contributed by atoms with van der Waals surface area (Å²) in [5.41, 5.74) is 4.76. The van der Waals surface area contributed by atoms with Gasteiger partial charge in [0.25, 0.3) is 0 Å². The molecule has 0 aliphatic carbocycles. The minimum absolute atomic E-state index is 0.313. The SMILES string of the molecule is [2H]C([2H])([2H])N1C=CN(c2c(C)ccc3c2oc2cc(C)ccc23)C1C. The summed E-state index contributed by atoms with van der Waals surface area (Å²) in [4.78, 5) is 3.36. The van der Waals surface area contributed by atoms with Crippen LogP contribution in [-0.2, 0) is 0 Å². The summed E-state index contributed by atoms with van der Waals surface area (Å²) in [6.45, 7) is 3.78. The van der Waals surface area contributed by atoms with Crippen LogP contribution in [0.1, 0.15) is 22.2 Å². The fourth-order valence-corrected chi connectivity index (χ4v) is 3.14. The van der Waals surface area contributed by atoms with Crippen LogP contribution in [0.25, 0.3) is 21.9 Å². The van der Waals surface area contributed by atoms with E-state index >= 15 is 0 Å². The standard InChI is InChI=1S/C19H20N2O/c1-12-5-7-15-16-8-6-13(2)18(19(16)22-17(15)11-12)21-10-9-20(4)14(21)3/h5-11,14H,1-4H3/i4D3.